The topological polar surface area (TPSA) is 74.7 Å². The lowest BCUT2D eigenvalue weighted by molar-refractivity contribution is -0.136. The molecule has 0 aliphatic carbocycles. The summed E-state index contributed by atoms with van der Waals surface area (Å²) < 4.78 is 26.6. The molecule has 2 rings (SSSR count). The normalized spacial score (nSPS) is 24.7. The van der Waals surface area contributed by atoms with Gasteiger partial charge < -0.3 is 5.11 Å². The lowest BCUT2D eigenvalue weighted by Gasteiger charge is -2.14. The lowest BCUT2D eigenvalue weighted by atomic mass is 10.0. The van der Waals surface area contributed by atoms with E-state index in [9.17, 15) is 13.2 Å². The van der Waals surface area contributed by atoms with Crippen LogP contribution in [-0.2, 0) is 21.2 Å². The average Bonchev–Trinajstić information content (AvgIpc) is 2.87. The van der Waals surface area contributed by atoms with Crippen molar-refractivity contribution in [1.82, 2.24) is 4.31 Å². The van der Waals surface area contributed by atoms with Gasteiger partial charge in [-0.15, -0.1) is 11.3 Å². The highest BCUT2D eigenvalue weighted by molar-refractivity contribution is 7.91. The number of aliphatic carboxylic acids is 1. The molecule has 1 aromatic heterocycles. The largest absolute Gasteiger partial charge is 0.481 e. The van der Waals surface area contributed by atoms with E-state index in [-0.39, 0.29) is 10.6 Å². The number of carboxylic acid groups (broad SMARTS) is 1. The van der Waals surface area contributed by atoms with Crippen LogP contribution in [0.5, 0.6) is 0 Å². The third kappa shape index (κ3) is 2.98. The Kier molecular flexibility index (Phi) is 3.98. The van der Waals surface area contributed by atoms with E-state index in [0.29, 0.717) is 29.8 Å². The summed E-state index contributed by atoms with van der Waals surface area (Å²) in [5.74, 6) is -0.240. The molecule has 1 fully saturated rings. The highest BCUT2D eigenvalue weighted by atomic mass is 32.2. The molecule has 5 nitrogen and oxygen atoms in total. The molecule has 2 atom stereocenters. The molecule has 0 saturated carbocycles. The van der Waals surface area contributed by atoms with Crippen LogP contribution in [-0.4, -0.2) is 36.9 Å². The van der Waals surface area contributed by atoms with Gasteiger partial charge in [0.15, 0.2) is 0 Å². The summed E-state index contributed by atoms with van der Waals surface area (Å²) in [5, 5.41) is 8.71. The van der Waals surface area contributed by atoms with Crippen LogP contribution >= 0.6 is 11.3 Å². The van der Waals surface area contributed by atoms with E-state index >= 15 is 0 Å². The average molecular weight is 303 g/mol. The third-order valence-corrected chi connectivity index (χ3v) is 6.90. The minimum atomic E-state index is -3.46. The predicted octanol–water partition coefficient (Wildman–Crippen LogP) is 1.65. The molecule has 2 heterocycles. The highest BCUT2D eigenvalue weighted by Gasteiger charge is 2.35. The van der Waals surface area contributed by atoms with Crippen LogP contribution in [0.3, 0.4) is 0 Å². The maximum atomic E-state index is 12.4. The zero-order valence-corrected chi connectivity index (χ0v) is 12.5. The van der Waals surface area contributed by atoms with E-state index in [4.69, 9.17) is 5.11 Å². The smallest absolute Gasteiger partial charge is 0.308 e. The van der Waals surface area contributed by atoms with E-state index in [0.717, 1.165) is 11.3 Å². The lowest BCUT2D eigenvalue weighted by Crippen LogP contribution is -2.28. The second kappa shape index (κ2) is 5.22. The molecule has 1 aromatic rings. The summed E-state index contributed by atoms with van der Waals surface area (Å²) in [5.41, 5.74) is 0. The van der Waals surface area contributed by atoms with Crippen molar-refractivity contribution in [2.24, 2.45) is 11.8 Å². The summed E-state index contributed by atoms with van der Waals surface area (Å²) in [6, 6.07) is 3.08. The standard InChI is InChI=1S/C12H17NO4S2/c1-8-6-13(7-9(8)2)19(16,17)12-4-3-10(18-12)5-11(14)15/h3-4,8-9H,5-7H2,1-2H3,(H,14,15). The van der Waals surface area contributed by atoms with E-state index in [1.54, 1.807) is 6.07 Å². The number of thiophene rings is 1. The van der Waals surface area contributed by atoms with Gasteiger partial charge in [-0.05, 0) is 24.0 Å². The van der Waals surface area contributed by atoms with Gasteiger partial charge in [0, 0.05) is 18.0 Å². The number of hydrogen-bond acceptors (Lipinski definition) is 4. The summed E-state index contributed by atoms with van der Waals surface area (Å²) in [6.07, 6.45) is -0.132. The minimum Gasteiger partial charge on any atom is -0.481 e. The summed E-state index contributed by atoms with van der Waals surface area (Å²) in [6.45, 7) is 5.17. The van der Waals surface area contributed by atoms with Crippen molar-refractivity contribution in [3.05, 3.63) is 17.0 Å². The Labute approximate surface area is 116 Å². The Bertz CT molecular complexity index is 568. The molecule has 1 aliphatic heterocycles. The van der Waals surface area contributed by atoms with Crippen LogP contribution in [0.1, 0.15) is 18.7 Å². The van der Waals surface area contributed by atoms with Gasteiger partial charge in [0.05, 0.1) is 6.42 Å². The number of sulfonamides is 1. The van der Waals surface area contributed by atoms with Crippen LogP contribution in [0.4, 0.5) is 0 Å². The highest BCUT2D eigenvalue weighted by Crippen LogP contribution is 2.31. The number of hydrogen-bond donors (Lipinski definition) is 1. The van der Waals surface area contributed by atoms with Crippen LogP contribution in [0, 0.1) is 11.8 Å². The molecule has 106 valence electrons. The Hall–Kier alpha value is -0.920. The molecule has 0 bridgehead atoms. The monoisotopic (exact) mass is 303 g/mol. The first-order valence-corrected chi connectivity index (χ1v) is 8.37. The van der Waals surface area contributed by atoms with Crippen LogP contribution in [0.2, 0.25) is 0 Å². The SMILES string of the molecule is CC1CN(S(=O)(=O)c2ccc(CC(=O)O)s2)CC1C. The molecule has 1 N–H and O–H groups in total. The zero-order valence-electron chi connectivity index (χ0n) is 10.9. The van der Waals surface area contributed by atoms with Crippen molar-refractivity contribution in [3.8, 4) is 0 Å². The molecule has 0 amide bonds. The zero-order chi connectivity index (χ0) is 14.2. The Morgan fingerprint density at radius 2 is 1.95 bits per heavy atom. The first-order valence-electron chi connectivity index (χ1n) is 6.11. The quantitative estimate of drug-likeness (QED) is 0.918. The van der Waals surface area contributed by atoms with Gasteiger partial charge in [0.1, 0.15) is 4.21 Å². The molecule has 2 unspecified atom stereocenters. The Morgan fingerprint density at radius 3 is 2.47 bits per heavy atom. The maximum absolute atomic E-state index is 12.4. The summed E-state index contributed by atoms with van der Waals surface area (Å²) >= 11 is 1.05. The van der Waals surface area contributed by atoms with E-state index in [1.165, 1.54) is 10.4 Å². The first kappa shape index (κ1) is 14.5. The van der Waals surface area contributed by atoms with Crippen molar-refractivity contribution < 1.29 is 18.3 Å². The molecule has 7 heteroatoms. The fourth-order valence-electron chi connectivity index (χ4n) is 2.14. The first-order chi connectivity index (χ1) is 8.80. The van der Waals surface area contributed by atoms with Gasteiger partial charge in [-0.2, -0.15) is 4.31 Å². The second-order valence-electron chi connectivity index (χ2n) is 5.07. The van der Waals surface area contributed by atoms with Gasteiger partial charge in [0.25, 0.3) is 10.0 Å². The van der Waals surface area contributed by atoms with Crippen molar-refractivity contribution in [2.45, 2.75) is 24.5 Å². The molecule has 0 aromatic carbocycles. The summed E-state index contributed by atoms with van der Waals surface area (Å²) in [4.78, 5) is 11.2. The minimum absolute atomic E-state index is 0.132. The Morgan fingerprint density at radius 1 is 1.37 bits per heavy atom. The van der Waals surface area contributed by atoms with Crippen molar-refractivity contribution in [3.63, 3.8) is 0 Å². The molecule has 0 spiro atoms. The van der Waals surface area contributed by atoms with Crippen LogP contribution < -0.4 is 0 Å². The molecular weight excluding hydrogens is 286 g/mol. The van der Waals surface area contributed by atoms with Crippen molar-refractivity contribution in [2.75, 3.05) is 13.1 Å². The van der Waals surface area contributed by atoms with E-state index in [1.807, 2.05) is 13.8 Å². The predicted molar refractivity (Wildman–Crippen MR) is 72.7 cm³/mol. The second-order valence-corrected chi connectivity index (χ2v) is 8.40. The van der Waals surface area contributed by atoms with Crippen LogP contribution in [0.25, 0.3) is 0 Å². The van der Waals surface area contributed by atoms with Gasteiger partial charge in [0.2, 0.25) is 0 Å². The van der Waals surface area contributed by atoms with Crippen molar-refractivity contribution in [1.29, 1.82) is 0 Å². The van der Waals surface area contributed by atoms with Gasteiger partial charge in [-0.25, -0.2) is 8.42 Å². The molecule has 0 radical (unpaired) electrons. The third-order valence-electron chi connectivity index (χ3n) is 3.51. The fraction of sp³-hybridized carbons (Fsp3) is 0.583. The fourth-order valence-corrected chi connectivity index (χ4v) is 5.28. The molecule has 19 heavy (non-hydrogen) atoms. The Balaban J connectivity index is 2.20. The van der Waals surface area contributed by atoms with E-state index in [2.05, 4.69) is 0 Å². The number of nitrogens with zero attached hydrogens (tertiary/aromatic N) is 1. The summed E-state index contributed by atoms with van der Waals surface area (Å²) in [7, 11) is -3.46. The van der Waals surface area contributed by atoms with Gasteiger partial charge in [-0.1, -0.05) is 13.8 Å². The van der Waals surface area contributed by atoms with Crippen LogP contribution in [0.15, 0.2) is 16.3 Å². The molecule has 1 saturated heterocycles. The number of carbonyl (C=O) groups is 1. The number of carboxylic acids is 1. The number of rotatable bonds is 4. The van der Waals surface area contributed by atoms with Gasteiger partial charge >= 0.3 is 5.97 Å². The van der Waals surface area contributed by atoms with Gasteiger partial charge in [-0.3, -0.25) is 4.79 Å². The van der Waals surface area contributed by atoms with E-state index < -0.39 is 16.0 Å². The maximum Gasteiger partial charge on any atom is 0.308 e. The molecular formula is C12H17NO4S2. The van der Waals surface area contributed by atoms with Crippen molar-refractivity contribution >= 4 is 27.3 Å². The molecule has 1 aliphatic rings.